The first-order valence-corrected chi connectivity index (χ1v) is 15.8. The number of hydrogen-bond acceptors (Lipinski definition) is 6. The number of carbonyl (C=O) groups is 2. The third-order valence-electron chi connectivity index (χ3n) is 9.87. The molecule has 3 aliphatic rings. The molecule has 3 heterocycles. The summed E-state index contributed by atoms with van der Waals surface area (Å²) in [5.74, 6) is 0.0404. The minimum Gasteiger partial charge on any atom is -0.379 e. The van der Waals surface area contributed by atoms with Gasteiger partial charge >= 0.3 is 0 Å². The van der Waals surface area contributed by atoms with Crippen molar-refractivity contribution in [2.75, 3.05) is 64.9 Å². The lowest BCUT2D eigenvalue weighted by atomic mass is 9.83. The number of piperidine rings is 2. The molecule has 2 amide bonds. The smallest absolute Gasteiger partial charge is 0.251 e. The van der Waals surface area contributed by atoms with Crippen LogP contribution in [0.15, 0.2) is 36.4 Å². The molecular weight excluding hydrogens is 526 g/mol. The Hall–Kier alpha value is -2.94. The lowest BCUT2D eigenvalue weighted by Crippen LogP contribution is -2.51. The molecule has 0 bridgehead atoms. The first kappa shape index (κ1) is 30.5. The van der Waals surface area contributed by atoms with Gasteiger partial charge in [0.15, 0.2) is 0 Å². The highest BCUT2D eigenvalue weighted by Crippen LogP contribution is 2.33. The van der Waals surface area contributed by atoms with Crippen LogP contribution in [-0.2, 0) is 16.1 Å². The summed E-state index contributed by atoms with van der Waals surface area (Å²) in [7, 11) is 4.03. The topological polar surface area (TPSA) is 77.2 Å². The number of rotatable bonds is 8. The number of ether oxygens (including phenoxy) is 1. The summed E-state index contributed by atoms with van der Waals surface area (Å²) in [5, 5.41) is 6.62. The van der Waals surface area contributed by atoms with Crippen LogP contribution in [-0.4, -0.2) is 93.7 Å². The van der Waals surface area contributed by atoms with E-state index in [2.05, 4.69) is 78.6 Å². The van der Waals surface area contributed by atoms with Gasteiger partial charge in [0.1, 0.15) is 0 Å². The number of nitrogens with one attached hydrogen (secondary N) is 2. The number of benzene rings is 2. The van der Waals surface area contributed by atoms with Crippen LogP contribution in [0.25, 0.3) is 11.1 Å². The number of hydrogen-bond donors (Lipinski definition) is 2. The molecule has 3 fully saturated rings. The summed E-state index contributed by atoms with van der Waals surface area (Å²) in [6.45, 7) is 13.1. The molecule has 228 valence electrons. The Morgan fingerprint density at radius 2 is 1.76 bits per heavy atom. The van der Waals surface area contributed by atoms with Crippen molar-refractivity contribution < 1.29 is 14.3 Å². The molecule has 0 aromatic heterocycles. The van der Waals surface area contributed by atoms with Crippen LogP contribution in [0.5, 0.6) is 0 Å². The number of likely N-dealkylation sites (tertiary alicyclic amines) is 1. The highest BCUT2D eigenvalue weighted by atomic mass is 16.5. The zero-order chi connectivity index (χ0) is 29.8. The maximum atomic E-state index is 13.8. The minimum atomic E-state index is -0.200. The van der Waals surface area contributed by atoms with Gasteiger partial charge in [0.25, 0.3) is 5.91 Å². The van der Waals surface area contributed by atoms with Crippen molar-refractivity contribution in [3.8, 4) is 11.1 Å². The number of carbonyl (C=O) groups excluding carboxylic acids is 2. The van der Waals surface area contributed by atoms with E-state index < -0.39 is 0 Å². The fourth-order valence-electron chi connectivity index (χ4n) is 6.85. The molecule has 8 heteroatoms. The highest BCUT2D eigenvalue weighted by Gasteiger charge is 2.36. The van der Waals surface area contributed by atoms with E-state index in [1.54, 1.807) is 0 Å². The molecule has 0 aliphatic carbocycles. The maximum Gasteiger partial charge on any atom is 0.251 e. The van der Waals surface area contributed by atoms with Gasteiger partial charge < -0.3 is 25.2 Å². The first-order chi connectivity index (χ1) is 20.2. The molecule has 8 nitrogen and oxygen atoms in total. The average molecular weight is 576 g/mol. The normalized spacial score (nSPS) is 24.1. The number of amides is 2. The Labute approximate surface area is 251 Å². The average Bonchev–Trinajstić information content (AvgIpc) is 3.01. The number of anilines is 1. The number of nitrogens with zero attached hydrogens (tertiary/aromatic N) is 3. The Balaban J connectivity index is 1.40. The summed E-state index contributed by atoms with van der Waals surface area (Å²) in [6, 6.07) is 13.7. The van der Waals surface area contributed by atoms with Crippen LogP contribution in [0.4, 0.5) is 5.69 Å². The van der Waals surface area contributed by atoms with Gasteiger partial charge in [-0.15, -0.1) is 0 Å². The molecule has 3 aliphatic heterocycles. The molecule has 3 saturated heterocycles. The van der Waals surface area contributed by atoms with E-state index in [0.29, 0.717) is 18.2 Å². The summed E-state index contributed by atoms with van der Waals surface area (Å²) in [5.41, 5.74) is 6.17. The molecule has 5 rings (SSSR count). The summed E-state index contributed by atoms with van der Waals surface area (Å²) < 4.78 is 5.50. The maximum absolute atomic E-state index is 13.8. The monoisotopic (exact) mass is 575 g/mol. The summed E-state index contributed by atoms with van der Waals surface area (Å²) in [6.07, 6.45) is 3.10. The Kier molecular flexibility index (Phi) is 9.86. The molecule has 0 spiro atoms. The predicted molar refractivity (Wildman–Crippen MR) is 169 cm³/mol. The van der Waals surface area contributed by atoms with Crippen molar-refractivity contribution in [1.82, 2.24) is 20.4 Å². The van der Waals surface area contributed by atoms with Gasteiger partial charge in [-0.3, -0.25) is 14.5 Å². The SMILES string of the molecule is Cc1c(C(=O)NCC2C(=O)N(C)C(C)CC2C)cc(-c2ccc(CN3CCOCC3)cc2)cc1N(C)C1CCNCC1. The van der Waals surface area contributed by atoms with Gasteiger partial charge in [0.05, 0.1) is 19.1 Å². The van der Waals surface area contributed by atoms with Crippen LogP contribution < -0.4 is 15.5 Å². The quantitative estimate of drug-likeness (QED) is 0.497. The van der Waals surface area contributed by atoms with Crippen LogP contribution in [0.3, 0.4) is 0 Å². The second-order valence-electron chi connectivity index (χ2n) is 12.7. The van der Waals surface area contributed by atoms with E-state index >= 15 is 0 Å². The third-order valence-corrected chi connectivity index (χ3v) is 9.87. The summed E-state index contributed by atoms with van der Waals surface area (Å²) in [4.78, 5) is 33.4. The zero-order valence-electron chi connectivity index (χ0n) is 26.1. The van der Waals surface area contributed by atoms with Gasteiger partial charge in [-0.05, 0) is 86.5 Å². The Morgan fingerprint density at radius 1 is 1.07 bits per heavy atom. The Morgan fingerprint density at radius 3 is 2.45 bits per heavy atom. The van der Waals surface area contributed by atoms with Crippen molar-refractivity contribution in [3.63, 3.8) is 0 Å². The van der Waals surface area contributed by atoms with Crippen molar-refractivity contribution >= 4 is 17.5 Å². The molecule has 0 saturated carbocycles. The molecule has 42 heavy (non-hydrogen) atoms. The fourth-order valence-corrected chi connectivity index (χ4v) is 6.85. The lowest BCUT2D eigenvalue weighted by Gasteiger charge is -2.39. The minimum absolute atomic E-state index is 0.112. The van der Waals surface area contributed by atoms with E-state index in [1.807, 2.05) is 18.0 Å². The second kappa shape index (κ2) is 13.6. The van der Waals surface area contributed by atoms with Crippen molar-refractivity contribution in [3.05, 3.63) is 53.1 Å². The second-order valence-corrected chi connectivity index (χ2v) is 12.7. The van der Waals surface area contributed by atoms with E-state index in [9.17, 15) is 9.59 Å². The standard InChI is InChI=1S/C34H49N5O3/c1-23-18-24(2)37(4)34(41)31(23)21-36-33(40)30-19-28(20-32(25(30)3)38(5)29-10-12-35-13-11-29)27-8-6-26(7-9-27)22-39-14-16-42-17-15-39/h6-9,19-20,23-24,29,31,35H,10-18,21-22H2,1-5H3,(H,36,40). The van der Waals surface area contributed by atoms with Crippen LogP contribution >= 0.6 is 0 Å². The first-order valence-electron chi connectivity index (χ1n) is 15.8. The van der Waals surface area contributed by atoms with Gasteiger partial charge in [-0.25, -0.2) is 0 Å². The molecule has 2 N–H and O–H groups in total. The highest BCUT2D eigenvalue weighted by molar-refractivity contribution is 5.99. The fraction of sp³-hybridized carbons (Fsp3) is 0.588. The van der Waals surface area contributed by atoms with E-state index in [0.717, 1.165) is 87.6 Å². The van der Waals surface area contributed by atoms with Crippen LogP contribution in [0.1, 0.15) is 54.6 Å². The molecule has 2 aromatic rings. The van der Waals surface area contributed by atoms with Crippen molar-refractivity contribution in [2.24, 2.45) is 11.8 Å². The third kappa shape index (κ3) is 6.82. The van der Waals surface area contributed by atoms with Gasteiger partial charge in [0.2, 0.25) is 5.91 Å². The van der Waals surface area contributed by atoms with Crippen LogP contribution in [0.2, 0.25) is 0 Å². The van der Waals surface area contributed by atoms with Gasteiger partial charge in [0, 0.05) is 63.6 Å². The van der Waals surface area contributed by atoms with E-state index in [1.165, 1.54) is 5.56 Å². The lowest BCUT2D eigenvalue weighted by molar-refractivity contribution is -0.141. The molecule has 3 unspecified atom stereocenters. The van der Waals surface area contributed by atoms with E-state index in [-0.39, 0.29) is 29.7 Å². The molecular formula is C34H49N5O3. The van der Waals surface area contributed by atoms with E-state index in [4.69, 9.17) is 4.74 Å². The zero-order valence-corrected chi connectivity index (χ0v) is 26.1. The molecule has 0 radical (unpaired) electrons. The largest absolute Gasteiger partial charge is 0.379 e. The summed E-state index contributed by atoms with van der Waals surface area (Å²) >= 11 is 0. The molecule has 3 atom stereocenters. The van der Waals surface area contributed by atoms with Gasteiger partial charge in [-0.1, -0.05) is 31.2 Å². The van der Waals surface area contributed by atoms with Crippen molar-refractivity contribution in [1.29, 1.82) is 0 Å². The van der Waals surface area contributed by atoms with Crippen molar-refractivity contribution in [2.45, 2.75) is 58.7 Å². The van der Waals surface area contributed by atoms with Gasteiger partial charge in [-0.2, -0.15) is 0 Å². The Bertz CT molecular complexity index is 1240. The number of morpholine rings is 1. The van der Waals surface area contributed by atoms with Crippen LogP contribution in [0, 0.1) is 18.8 Å². The molecule has 2 aromatic carbocycles. The predicted octanol–water partition coefficient (Wildman–Crippen LogP) is 3.92.